The number of ether oxygens (including phenoxy) is 1. The summed E-state index contributed by atoms with van der Waals surface area (Å²) in [6.07, 6.45) is 21.9. The number of hydrogen-bond donors (Lipinski definition) is 0. The summed E-state index contributed by atoms with van der Waals surface area (Å²) >= 11 is 0. The maximum Gasteiger partial charge on any atom is 1.00 e. The summed E-state index contributed by atoms with van der Waals surface area (Å²) in [7, 11) is 0. The van der Waals surface area contributed by atoms with Gasteiger partial charge in [0.2, 0.25) is 0 Å². The minimum absolute atomic E-state index is 0. The SMILES string of the molecule is CC[CH-]Oc1ccccc1CCCCCCCCCCCCCCCC.[K+]. The van der Waals surface area contributed by atoms with Gasteiger partial charge in [0, 0.05) is 0 Å². The molecule has 0 N–H and O–H groups in total. The van der Waals surface area contributed by atoms with E-state index in [-0.39, 0.29) is 51.4 Å². The molecule has 27 heavy (non-hydrogen) atoms. The second-order valence-corrected chi connectivity index (χ2v) is 7.65. The van der Waals surface area contributed by atoms with Crippen LogP contribution in [0.15, 0.2) is 24.3 Å². The Morgan fingerprint density at radius 3 is 1.67 bits per heavy atom. The van der Waals surface area contributed by atoms with Gasteiger partial charge < -0.3 is 4.74 Å². The summed E-state index contributed by atoms with van der Waals surface area (Å²) in [6, 6.07) is 8.48. The van der Waals surface area contributed by atoms with Gasteiger partial charge in [0.15, 0.2) is 0 Å². The normalized spacial score (nSPS) is 10.6. The van der Waals surface area contributed by atoms with Crippen LogP contribution in [0.2, 0.25) is 0 Å². The quantitative estimate of drug-likeness (QED) is 0.176. The average molecular weight is 399 g/mol. The van der Waals surface area contributed by atoms with Crippen LogP contribution in [0, 0.1) is 6.61 Å². The van der Waals surface area contributed by atoms with Gasteiger partial charge in [-0.25, -0.2) is 0 Å². The summed E-state index contributed by atoms with van der Waals surface area (Å²) in [6.45, 7) is 6.29. The maximum atomic E-state index is 5.73. The fourth-order valence-electron chi connectivity index (χ4n) is 3.51. The first-order valence-corrected chi connectivity index (χ1v) is 11.4. The molecule has 0 aromatic heterocycles. The molecule has 1 rings (SSSR count). The van der Waals surface area contributed by atoms with Gasteiger partial charge in [-0.05, 0) is 24.5 Å². The molecule has 0 aliphatic heterocycles. The van der Waals surface area contributed by atoms with Crippen LogP contribution in [-0.4, -0.2) is 0 Å². The Balaban J connectivity index is 0.00000676. The zero-order chi connectivity index (χ0) is 18.7. The number of unbranched alkanes of at least 4 members (excludes halogenated alkanes) is 13. The first kappa shape index (κ1) is 27.7. The number of para-hydroxylation sites is 1. The standard InChI is InChI=1S/C25H43O.K/c1-3-5-6-7-8-9-10-11-12-13-14-15-16-17-20-24-21-18-19-22-25(24)26-23-4-2;/h18-19,21-23H,3-17,20H2,1-2H3;/q-1;+1. The molecule has 0 heterocycles. The van der Waals surface area contributed by atoms with E-state index < -0.39 is 0 Å². The third-order valence-corrected chi connectivity index (χ3v) is 5.15. The Bertz CT molecular complexity index is 419. The molecule has 0 saturated heterocycles. The zero-order valence-electron chi connectivity index (χ0n) is 18.6. The van der Waals surface area contributed by atoms with Crippen molar-refractivity contribution in [3.63, 3.8) is 0 Å². The molecule has 0 atom stereocenters. The second kappa shape index (κ2) is 21.4. The molecular weight excluding hydrogens is 355 g/mol. The van der Waals surface area contributed by atoms with E-state index in [2.05, 4.69) is 38.1 Å². The van der Waals surface area contributed by atoms with Crippen molar-refractivity contribution in [3.05, 3.63) is 36.4 Å². The average Bonchev–Trinajstić information content (AvgIpc) is 2.67. The summed E-state index contributed by atoms with van der Waals surface area (Å²) < 4.78 is 5.73. The zero-order valence-corrected chi connectivity index (χ0v) is 21.7. The van der Waals surface area contributed by atoms with Gasteiger partial charge in [0.05, 0.1) is 5.75 Å². The van der Waals surface area contributed by atoms with E-state index in [1.54, 1.807) is 0 Å². The van der Waals surface area contributed by atoms with Crippen LogP contribution in [-0.2, 0) is 6.42 Å². The summed E-state index contributed by atoms with van der Waals surface area (Å²) in [5.41, 5.74) is 1.36. The first-order chi connectivity index (χ1) is 12.9. The number of aryl methyl sites for hydroxylation is 1. The molecule has 0 aliphatic rings. The van der Waals surface area contributed by atoms with Crippen molar-refractivity contribution in [2.45, 2.75) is 117 Å². The molecule has 0 unspecified atom stereocenters. The minimum atomic E-state index is 0. The maximum absolute atomic E-state index is 5.73. The smallest absolute Gasteiger partial charge is 0.662 e. The van der Waals surface area contributed by atoms with E-state index in [0.29, 0.717) is 0 Å². The van der Waals surface area contributed by atoms with Crippen LogP contribution < -0.4 is 56.1 Å². The second-order valence-electron chi connectivity index (χ2n) is 7.65. The van der Waals surface area contributed by atoms with Gasteiger partial charge in [-0.15, -0.1) is 6.42 Å². The predicted octanol–water partition coefficient (Wildman–Crippen LogP) is 5.66. The van der Waals surface area contributed by atoms with Crippen molar-refractivity contribution in [2.75, 3.05) is 0 Å². The number of benzene rings is 1. The van der Waals surface area contributed by atoms with Crippen LogP contribution in [0.1, 0.15) is 116 Å². The van der Waals surface area contributed by atoms with Crippen molar-refractivity contribution in [1.29, 1.82) is 0 Å². The first-order valence-electron chi connectivity index (χ1n) is 11.4. The molecule has 0 spiro atoms. The summed E-state index contributed by atoms with van der Waals surface area (Å²) in [4.78, 5) is 0. The molecule has 0 aliphatic carbocycles. The largest absolute Gasteiger partial charge is 1.00 e. The molecule has 0 radical (unpaired) electrons. The van der Waals surface area contributed by atoms with Gasteiger partial charge >= 0.3 is 51.4 Å². The van der Waals surface area contributed by atoms with Gasteiger partial charge in [-0.2, -0.15) is 6.61 Å². The van der Waals surface area contributed by atoms with Crippen molar-refractivity contribution in [2.24, 2.45) is 0 Å². The summed E-state index contributed by atoms with van der Waals surface area (Å²) in [5.74, 6) is 1.05. The molecule has 0 amide bonds. The summed E-state index contributed by atoms with van der Waals surface area (Å²) in [5, 5.41) is 0. The molecule has 0 fully saturated rings. The Morgan fingerprint density at radius 2 is 1.15 bits per heavy atom. The molecule has 1 aromatic carbocycles. The van der Waals surface area contributed by atoms with Gasteiger partial charge in [0.25, 0.3) is 0 Å². The van der Waals surface area contributed by atoms with E-state index in [0.717, 1.165) is 18.6 Å². The monoisotopic (exact) mass is 398 g/mol. The van der Waals surface area contributed by atoms with E-state index in [1.807, 2.05) is 6.61 Å². The molecular formula is C25H43KO. The van der Waals surface area contributed by atoms with Crippen molar-refractivity contribution < 1.29 is 56.1 Å². The molecule has 1 nitrogen and oxygen atoms in total. The molecule has 1 aromatic rings. The van der Waals surface area contributed by atoms with Crippen LogP contribution in [0.3, 0.4) is 0 Å². The number of hydrogen-bond acceptors (Lipinski definition) is 1. The van der Waals surface area contributed by atoms with Crippen LogP contribution in [0.5, 0.6) is 5.75 Å². The Hall–Kier alpha value is 0.656. The molecule has 0 bridgehead atoms. The van der Waals surface area contributed by atoms with E-state index >= 15 is 0 Å². The Morgan fingerprint density at radius 1 is 0.667 bits per heavy atom. The molecule has 2 heteroatoms. The van der Waals surface area contributed by atoms with Crippen molar-refractivity contribution in [1.82, 2.24) is 0 Å². The van der Waals surface area contributed by atoms with Gasteiger partial charge in [0.1, 0.15) is 0 Å². The third kappa shape index (κ3) is 16.2. The number of rotatable bonds is 18. The Kier molecular flexibility index (Phi) is 21.9. The molecule has 150 valence electrons. The minimum Gasteiger partial charge on any atom is -0.662 e. The Labute approximate surface area is 212 Å². The topological polar surface area (TPSA) is 9.23 Å². The van der Waals surface area contributed by atoms with Crippen molar-refractivity contribution >= 4 is 0 Å². The van der Waals surface area contributed by atoms with Gasteiger partial charge in [-0.3, -0.25) is 0 Å². The van der Waals surface area contributed by atoms with E-state index in [1.165, 1.54) is 95.5 Å². The van der Waals surface area contributed by atoms with Crippen LogP contribution in [0.4, 0.5) is 0 Å². The van der Waals surface area contributed by atoms with E-state index in [9.17, 15) is 0 Å². The fraction of sp³-hybridized carbons (Fsp3) is 0.720. The predicted molar refractivity (Wildman–Crippen MR) is 116 cm³/mol. The fourth-order valence-corrected chi connectivity index (χ4v) is 3.51. The third-order valence-electron chi connectivity index (χ3n) is 5.15. The molecule has 0 saturated carbocycles. The van der Waals surface area contributed by atoms with E-state index in [4.69, 9.17) is 4.74 Å². The van der Waals surface area contributed by atoms with Crippen LogP contribution in [0.25, 0.3) is 0 Å². The van der Waals surface area contributed by atoms with Gasteiger partial charge in [-0.1, -0.05) is 116 Å². The van der Waals surface area contributed by atoms with Crippen molar-refractivity contribution in [3.8, 4) is 5.75 Å². The van der Waals surface area contributed by atoms with Crippen LogP contribution >= 0.6 is 0 Å².